The third kappa shape index (κ3) is 3.51. The molecule has 0 atom stereocenters. The summed E-state index contributed by atoms with van der Waals surface area (Å²) in [6.45, 7) is 0.348. The zero-order valence-electron chi connectivity index (χ0n) is 11.6. The summed E-state index contributed by atoms with van der Waals surface area (Å²) < 4.78 is 5.30. The lowest BCUT2D eigenvalue weighted by molar-refractivity contribution is 0.0990. The molecule has 2 rings (SSSR count). The number of likely N-dealkylation sites (N-methyl/N-ethyl adjacent to an activating group) is 1. The highest BCUT2D eigenvalue weighted by atomic mass is 32.2. The van der Waals surface area contributed by atoms with Crippen LogP contribution in [0.15, 0.2) is 18.2 Å². The highest BCUT2D eigenvalue weighted by molar-refractivity contribution is 7.99. The van der Waals surface area contributed by atoms with E-state index >= 15 is 0 Å². The van der Waals surface area contributed by atoms with E-state index < -0.39 is 0 Å². The van der Waals surface area contributed by atoms with Crippen LogP contribution >= 0.6 is 11.8 Å². The van der Waals surface area contributed by atoms with Crippen LogP contribution in [0.1, 0.15) is 34.7 Å². The summed E-state index contributed by atoms with van der Waals surface area (Å²) in [6, 6.07) is 6.06. The van der Waals surface area contributed by atoms with Crippen LogP contribution in [0.4, 0.5) is 0 Å². The highest BCUT2D eigenvalue weighted by Gasteiger charge is 2.19. The topological polar surface area (TPSA) is 38.3 Å². The lowest BCUT2D eigenvalue weighted by Gasteiger charge is -2.22. The Kier molecular flexibility index (Phi) is 5.28. The van der Waals surface area contributed by atoms with E-state index in [1.807, 2.05) is 23.9 Å². The molecule has 1 N–H and O–H groups in total. The second-order valence-electron chi connectivity index (χ2n) is 4.80. The molecular formula is C15H21NO2S. The normalized spacial score (nSPS) is 16.3. The summed E-state index contributed by atoms with van der Waals surface area (Å²) in [6.07, 6.45) is 2.41. The van der Waals surface area contributed by atoms with Crippen molar-refractivity contribution < 1.29 is 9.53 Å². The van der Waals surface area contributed by atoms with Crippen LogP contribution in [0.3, 0.4) is 0 Å². The number of carbonyl (C=O) groups excluding carboxylic acids is 1. The first-order chi connectivity index (χ1) is 9.26. The maximum atomic E-state index is 12.1. The number of rotatable bonds is 5. The summed E-state index contributed by atoms with van der Waals surface area (Å²) in [4.78, 5) is 12.1. The van der Waals surface area contributed by atoms with Crippen LogP contribution in [-0.4, -0.2) is 38.0 Å². The fourth-order valence-corrected chi connectivity index (χ4v) is 3.59. The number of hydrogen-bond donors (Lipinski definition) is 1. The zero-order valence-corrected chi connectivity index (χ0v) is 12.4. The smallest absolute Gasteiger partial charge is 0.180 e. The monoisotopic (exact) mass is 279 g/mol. The fraction of sp³-hybridized carbons (Fsp3) is 0.533. The molecule has 3 nitrogen and oxygen atoms in total. The van der Waals surface area contributed by atoms with Gasteiger partial charge in [0.05, 0.1) is 19.2 Å². The van der Waals surface area contributed by atoms with Crippen molar-refractivity contribution >= 4 is 17.5 Å². The predicted octanol–water partition coefficient (Wildman–Crippen LogP) is 2.71. The van der Waals surface area contributed by atoms with E-state index in [9.17, 15) is 4.79 Å². The minimum atomic E-state index is 0.0892. The Morgan fingerprint density at radius 1 is 1.42 bits per heavy atom. The average molecular weight is 279 g/mol. The molecule has 1 aromatic carbocycles. The van der Waals surface area contributed by atoms with Gasteiger partial charge >= 0.3 is 0 Å². The summed E-state index contributed by atoms with van der Waals surface area (Å²) >= 11 is 2.02. The third-order valence-electron chi connectivity index (χ3n) is 3.55. The largest absolute Gasteiger partial charge is 0.496 e. The minimum Gasteiger partial charge on any atom is -0.496 e. The van der Waals surface area contributed by atoms with Gasteiger partial charge in [0.2, 0.25) is 0 Å². The number of ether oxygens (including phenoxy) is 1. The molecule has 19 heavy (non-hydrogen) atoms. The molecule has 0 radical (unpaired) electrons. The predicted molar refractivity (Wildman–Crippen MR) is 80.6 cm³/mol. The molecule has 0 saturated carbocycles. The SMILES string of the molecule is CNCC(=O)c1cc(C2CCSCC2)ccc1OC. The summed E-state index contributed by atoms with van der Waals surface area (Å²) in [7, 11) is 3.40. The van der Waals surface area contributed by atoms with Crippen molar-refractivity contribution in [3.8, 4) is 5.75 Å². The van der Waals surface area contributed by atoms with Crippen molar-refractivity contribution in [1.29, 1.82) is 0 Å². The summed E-state index contributed by atoms with van der Waals surface area (Å²) in [5.74, 6) is 3.79. The second-order valence-corrected chi connectivity index (χ2v) is 6.02. The fourth-order valence-electron chi connectivity index (χ4n) is 2.48. The second kappa shape index (κ2) is 6.96. The van der Waals surface area contributed by atoms with E-state index in [4.69, 9.17) is 4.74 Å². The maximum absolute atomic E-state index is 12.1. The van der Waals surface area contributed by atoms with E-state index in [1.165, 1.54) is 29.9 Å². The molecule has 0 bridgehead atoms. The minimum absolute atomic E-state index is 0.0892. The van der Waals surface area contributed by atoms with Gasteiger partial charge in [0.25, 0.3) is 0 Å². The van der Waals surface area contributed by atoms with Crippen molar-refractivity contribution in [3.05, 3.63) is 29.3 Å². The Balaban J connectivity index is 2.26. The van der Waals surface area contributed by atoms with E-state index in [0.29, 0.717) is 23.8 Å². The molecule has 0 aliphatic carbocycles. The number of Topliss-reactive ketones (excluding diaryl/α,β-unsaturated/α-hetero) is 1. The zero-order chi connectivity index (χ0) is 13.7. The Labute approximate surface area is 119 Å². The van der Waals surface area contributed by atoms with Gasteiger partial charge in [-0.2, -0.15) is 11.8 Å². The first-order valence-electron chi connectivity index (χ1n) is 6.69. The molecule has 4 heteroatoms. The molecule has 0 amide bonds. The van der Waals surface area contributed by atoms with Crippen LogP contribution in [0.5, 0.6) is 5.75 Å². The van der Waals surface area contributed by atoms with Gasteiger partial charge in [-0.3, -0.25) is 4.79 Å². The van der Waals surface area contributed by atoms with Crippen LogP contribution in [0, 0.1) is 0 Å². The molecule has 1 aliphatic heterocycles. The van der Waals surface area contributed by atoms with Gasteiger partial charge in [-0.05, 0) is 55.0 Å². The Morgan fingerprint density at radius 3 is 2.79 bits per heavy atom. The molecule has 0 aromatic heterocycles. The van der Waals surface area contributed by atoms with E-state index in [-0.39, 0.29) is 5.78 Å². The van der Waals surface area contributed by atoms with Gasteiger partial charge in [-0.15, -0.1) is 0 Å². The molecule has 1 aromatic rings. The highest BCUT2D eigenvalue weighted by Crippen LogP contribution is 2.33. The van der Waals surface area contributed by atoms with Crippen molar-refractivity contribution in [3.63, 3.8) is 0 Å². The number of hydrogen-bond acceptors (Lipinski definition) is 4. The van der Waals surface area contributed by atoms with Gasteiger partial charge in [0.1, 0.15) is 5.75 Å². The van der Waals surface area contributed by atoms with Crippen LogP contribution < -0.4 is 10.1 Å². The number of carbonyl (C=O) groups is 1. The lowest BCUT2D eigenvalue weighted by atomic mass is 9.91. The third-order valence-corrected chi connectivity index (χ3v) is 4.60. The Hall–Kier alpha value is -1.00. The van der Waals surface area contributed by atoms with Crippen LogP contribution in [0.25, 0.3) is 0 Å². The number of ketones is 1. The van der Waals surface area contributed by atoms with Crippen LogP contribution in [0.2, 0.25) is 0 Å². The lowest BCUT2D eigenvalue weighted by Crippen LogP contribution is -2.19. The van der Waals surface area contributed by atoms with Gasteiger partial charge in [-0.1, -0.05) is 6.07 Å². The average Bonchev–Trinajstić information content (AvgIpc) is 2.47. The summed E-state index contributed by atoms with van der Waals surface area (Å²) in [5.41, 5.74) is 1.98. The molecule has 104 valence electrons. The van der Waals surface area contributed by atoms with Gasteiger partial charge in [0, 0.05) is 0 Å². The van der Waals surface area contributed by atoms with E-state index in [2.05, 4.69) is 11.4 Å². The van der Waals surface area contributed by atoms with Crippen LogP contribution in [-0.2, 0) is 0 Å². The number of methoxy groups -OCH3 is 1. The number of benzene rings is 1. The van der Waals surface area contributed by atoms with Gasteiger partial charge < -0.3 is 10.1 Å². The molecule has 1 heterocycles. The van der Waals surface area contributed by atoms with Crippen molar-refractivity contribution in [1.82, 2.24) is 5.32 Å². The molecule has 0 unspecified atom stereocenters. The first kappa shape index (κ1) is 14.4. The van der Waals surface area contributed by atoms with Gasteiger partial charge in [0.15, 0.2) is 5.78 Å². The quantitative estimate of drug-likeness (QED) is 0.841. The Morgan fingerprint density at radius 2 is 2.16 bits per heavy atom. The summed E-state index contributed by atoms with van der Waals surface area (Å²) in [5, 5.41) is 2.91. The molecule has 1 saturated heterocycles. The van der Waals surface area contributed by atoms with Crippen molar-refractivity contribution in [2.75, 3.05) is 32.2 Å². The maximum Gasteiger partial charge on any atom is 0.180 e. The molecule has 1 fully saturated rings. The van der Waals surface area contributed by atoms with Gasteiger partial charge in [-0.25, -0.2) is 0 Å². The van der Waals surface area contributed by atoms with Crippen molar-refractivity contribution in [2.24, 2.45) is 0 Å². The number of thioether (sulfide) groups is 1. The van der Waals surface area contributed by atoms with E-state index in [1.54, 1.807) is 14.2 Å². The molecule has 0 spiro atoms. The first-order valence-corrected chi connectivity index (χ1v) is 7.85. The standard InChI is InChI=1S/C15H21NO2S/c1-16-10-14(17)13-9-12(3-4-15(13)18-2)11-5-7-19-8-6-11/h3-4,9,11,16H,5-8,10H2,1-2H3. The number of nitrogens with one attached hydrogen (secondary N) is 1. The van der Waals surface area contributed by atoms with Crippen molar-refractivity contribution in [2.45, 2.75) is 18.8 Å². The molecular weight excluding hydrogens is 258 g/mol. The molecule has 1 aliphatic rings. The Bertz CT molecular complexity index is 442. The van der Waals surface area contributed by atoms with E-state index in [0.717, 1.165) is 0 Å².